The summed E-state index contributed by atoms with van der Waals surface area (Å²) in [6.45, 7) is 4.42. The van der Waals surface area contributed by atoms with Crippen LogP contribution in [-0.4, -0.2) is 18.0 Å². The quantitative estimate of drug-likeness (QED) is 0.871. The summed E-state index contributed by atoms with van der Waals surface area (Å²) in [6, 6.07) is 8.93. The molecule has 0 radical (unpaired) electrons. The van der Waals surface area contributed by atoms with E-state index in [1.54, 1.807) is 0 Å². The number of fused-ring (bicyclic) bond motifs is 1. The summed E-state index contributed by atoms with van der Waals surface area (Å²) in [7, 11) is 0. The molecule has 114 valence electrons. The molecule has 1 aromatic rings. The Morgan fingerprint density at radius 1 is 1.19 bits per heavy atom. The molecule has 1 aliphatic carbocycles. The van der Waals surface area contributed by atoms with Crippen molar-refractivity contribution in [1.29, 1.82) is 0 Å². The Morgan fingerprint density at radius 2 is 1.95 bits per heavy atom. The highest BCUT2D eigenvalue weighted by atomic mass is 16.2. The van der Waals surface area contributed by atoms with E-state index < -0.39 is 0 Å². The van der Waals surface area contributed by atoms with E-state index >= 15 is 0 Å². The van der Waals surface area contributed by atoms with Crippen LogP contribution in [0.2, 0.25) is 0 Å². The lowest BCUT2D eigenvalue weighted by Gasteiger charge is -2.34. The van der Waals surface area contributed by atoms with E-state index in [0.29, 0.717) is 18.0 Å². The van der Waals surface area contributed by atoms with Crippen molar-refractivity contribution in [1.82, 2.24) is 5.32 Å². The third kappa shape index (κ3) is 3.07. The number of hydrogen-bond donors (Lipinski definition) is 2. The van der Waals surface area contributed by atoms with Crippen LogP contribution in [0.3, 0.4) is 0 Å². The molecule has 1 fully saturated rings. The maximum atomic E-state index is 12.8. The minimum Gasteiger partial charge on any atom is -0.382 e. The average Bonchev–Trinajstić information content (AvgIpc) is 2.48. The second-order valence-electron chi connectivity index (χ2n) is 6.80. The van der Waals surface area contributed by atoms with Crippen molar-refractivity contribution in [3.63, 3.8) is 0 Å². The van der Waals surface area contributed by atoms with Crippen LogP contribution < -0.4 is 10.6 Å². The largest absolute Gasteiger partial charge is 0.382 e. The molecule has 0 saturated heterocycles. The molecule has 1 saturated carbocycles. The smallest absolute Gasteiger partial charge is 0.227 e. The summed E-state index contributed by atoms with van der Waals surface area (Å²) in [5, 5.41) is 6.81. The van der Waals surface area contributed by atoms with Crippen LogP contribution in [0.4, 0.5) is 5.69 Å². The lowest BCUT2D eigenvalue weighted by molar-refractivity contribution is -0.124. The molecule has 2 aliphatic rings. The fraction of sp³-hybridized carbons (Fsp3) is 0.611. The van der Waals surface area contributed by atoms with Gasteiger partial charge < -0.3 is 10.6 Å². The van der Waals surface area contributed by atoms with Crippen LogP contribution in [0.1, 0.15) is 57.4 Å². The van der Waals surface area contributed by atoms with Crippen molar-refractivity contribution in [3.05, 3.63) is 29.8 Å². The predicted octanol–water partition coefficient (Wildman–Crippen LogP) is 3.67. The summed E-state index contributed by atoms with van der Waals surface area (Å²) < 4.78 is 0. The first-order valence-corrected chi connectivity index (χ1v) is 8.31. The molecule has 4 atom stereocenters. The molecule has 1 aliphatic heterocycles. The van der Waals surface area contributed by atoms with Gasteiger partial charge in [0, 0.05) is 17.8 Å². The molecule has 0 spiro atoms. The average molecular weight is 286 g/mol. The van der Waals surface area contributed by atoms with Gasteiger partial charge in [-0.2, -0.15) is 0 Å². The lowest BCUT2D eigenvalue weighted by Crippen LogP contribution is -2.44. The number of carbonyl (C=O) groups is 1. The molecule has 3 nitrogen and oxygen atoms in total. The number of para-hydroxylation sites is 1. The second-order valence-corrected chi connectivity index (χ2v) is 6.80. The zero-order chi connectivity index (χ0) is 14.8. The van der Waals surface area contributed by atoms with Crippen LogP contribution in [-0.2, 0) is 4.79 Å². The van der Waals surface area contributed by atoms with E-state index in [9.17, 15) is 4.79 Å². The van der Waals surface area contributed by atoms with Crippen LogP contribution in [0.15, 0.2) is 24.3 Å². The second kappa shape index (κ2) is 6.08. The number of rotatable bonds is 2. The van der Waals surface area contributed by atoms with E-state index in [1.807, 2.05) is 12.1 Å². The van der Waals surface area contributed by atoms with Crippen molar-refractivity contribution in [2.45, 2.75) is 64.0 Å². The normalized spacial score (nSPS) is 31.9. The third-order valence-corrected chi connectivity index (χ3v) is 5.08. The zero-order valence-electron chi connectivity index (χ0n) is 13.1. The minimum absolute atomic E-state index is 0.00780. The van der Waals surface area contributed by atoms with Gasteiger partial charge in [0.2, 0.25) is 5.91 Å². The molecule has 1 heterocycles. The summed E-state index contributed by atoms with van der Waals surface area (Å²) in [6.07, 6.45) is 5.80. The van der Waals surface area contributed by atoms with Gasteiger partial charge in [-0.15, -0.1) is 0 Å². The van der Waals surface area contributed by atoms with Crippen LogP contribution in [0.25, 0.3) is 0 Å². The van der Waals surface area contributed by atoms with E-state index in [0.717, 1.165) is 24.1 Å². The summed E-state index contributed by atoms with van der Waals surface area (Å²) >= 11 is 0. The first-order valence-electron chi connectivity index (χ1n) is 8.31. The molecule has 3 heteroatoms. The van der Waals surface area contributed by atoms with Gasteiger partial charge >= 0.3 is 0 Å². The molecule has 1 amide bonds. The SMILES string of the molecule is CC1CC(C(=O)NC2CCCCC2C)c2ccccc2N1. The highest BCUT2D eigenvalue weighted by Gasteiger charge is 2.32. The van der Waals surface area contributed by atoms with E-state index in [1.165, 1.54) is 19.3 Å². The van der Waals surface area contributed by atoms with Gasteiger partial charge in [0.25, 0.3) is 0 Å². The Kier molecular flexibility index (Phi) is 4.18. The van der Waals surface area contributed by atoms with Crippen molar-refractivity contribution in [3.8, 4) is 0 Å². The van der Waals surface area contributed by atoms with Gasteiger partial charge in [-0.25, -0.2) is 0 Å². The Bertz CT molecular complexity index is 514. The fourth-order valence-corrected chi connectivity index (χ4v) is 3.80. The molecular formula is C18H26N2O. The van der Waals surface area contributed by atoms with Crippen molar-refractivity contribution < 1.29 is 4.79 Å². The van der Waals surface area contributed by atoms with Gasteiger partial charge in [0.15, 0.2) is 0 Å². The third-order valence-electron chi connectivity index (χ3n) is 5.08. The maximum absolute atomic E-state index is 12.8. The number of hydrogen-bond acceptors (Lipinski definition) is 2. The Morgan fingerprint density at radius 3 is 2.76 bits per heavy atom. The number of benzene rings is 1. The van der Waals surface area contributed by atoms with Crippen LogP contribution in [0.5, 0.6) is 0 Å². The molecule has 3 rings (SSSR count). The monoisotopic (exact) mass is 286 g/mol. The summed E-state index contributed by atoms with van der Waals surface area (Å²) in [4.78, 5) is 12.8. The van der Waals surface area contributed by atoms with Gasteiger partial charge in [0.05, 0.1) is 5.92 Å². The fourth-order valence-electron chi connectivity index (χ4n) is 3.80. The van der Waals surface area contributed by atoms with Gasteiger partial charge in [-0.1, -0.05) is 38.0 Å². The lowest BCUT2D eigenvalue weighted by atomic mass is 9.83. The van der Waals surface area contributed by atoms with E-state index in [-0.39, 0.29) is 11.8 Å². The Balaban J connectivity index is 1.75. The predicted molar refractivity (Wildman–Crippen MR) is 86.4 cm³/mol. The minimum atomic E-state index is -0.00780. The molecule has 0 bridgehead atoms. The van der Waals surface area contributed by atoms with Crippen LogP contribution in [0, 0.1) is 5.92 Å². The van der Waals surface area contributed by atoms with E-state index in [4.69, 9.17) is 0 Å². The standard InChI is InChI=1S/C18H26N2O/c1-12-7-3-5-9-16(12)20-18(21)15-11-13(2)19-17-10-6-4-8-14(15)17/h4,6,8,10,12-13,15-16,19H,3,5,7,9,11H2,1-2H3,(H,20,21). The number of amides is 1. The zero-order valence-corrected chi connectivity index (χ0v) is 13.1. The van der Waals surface area contributed by atoms with Crippen molar-refractivity contribution in [2.24, 2.45) is 5.92 Å². The first-order chi connectivity index (χ1) is 10.1. The van der Waals surface area contributed by atoms with Crippen LogP contribution >= 0.6 is 0 Å². The maximum Gasteiger partial charge on any atom is 0.227 e. The van der Waals surface area contributed by atoms with Crippen molar-refractivity contribution >= 4 is 11.6 Å². The topological polar surface area (TPSA) is 41.1 Å². The van der Waals surface area contributed by atoms with E-state index in [2.05, 4.69) is 36.6 Å². The highest BCUT2D eigenvalue weighted by Crippen LogP contribution is 2.34. The Labute approximate surface area is 127 Å². The molecule has 1 aromatic carbocycles. The summed E-state index contributed by atoms with van der Waals surface area (Å²) in [5.74, 6) is 0.818. The number of anilines is 1. The van der Waals surface area contributed by atoms with Crippen molar-refractivity contribution in [2.75, 3.05) is 5.32 Å². The molecular weight excluding hydrogens is 260 g/mol. The molecule has 4 unspecified atom stereocenters. The number of nitrogens with one attached hydrogen (secondary N) is 2. The first kappa shape index (κ1) is 14.4. The highest BCUT2D eigenvalue weighted by molar-refractivity contribution is 5.86. The molecule has 2 N–H and O–H groups in total. The molecule has 0 aromatic heterocycles. The summed E-state index contributed by atoms with van der Waals surface area (Å²) in [5.41, 5.74) is 2.27. The van der Waals surface area contributed by atoms with Gasteiger partial charge in [-0.3, -0.25) is 4.79 Å². The number of carbonyl (C=O) groups excluding carboxylic acids is 1. The molecule has 21 heavy (non-hydrogen) atoms. The Hall–Kier alpha value is -1.51. The van der Waals surface area contributed by atoms with Gasteiger partial charge in [0.1, 0.15) is 0 Å². The van der Waals surface area contributed by atoms with Gasteiger partial charge in [-0.05, 0) is 43.7 Å².